The van der Waals surface area contributed by atoms with E-state index >= 15 is 0 Å². The van der Waals surface area contributed by atoms with Crippen molar-refractivity contribution in [2.24, 2.45) is 16.3 Å². The third kappa shape index (κ3) is 4.24. The number of hydrogen-bond acceptors (Lipinski definition) is 4. The van der Waals surface area contributed by atoms with Crippen molar-refractivity contribution in [1.29, 1.82) is 0 Å². The molecule has 148 valence electrons. The fraction of sp³-hybridized carbons (Fsp3) is 0.789. The smallest absolute Gasteiger partial charge is 0.253 e. The molecule has 26 heavy (non-hydrogen) atoms. The van der Waals surface area contributed by atoms with E-state index in [1.54, 1.807) is 32.6 Å². The van der Waals surface area contributed by atoms with E-state index in [1.165, 1.54) is 13.1 Å². The third-order valence-corrected chi connectivity index (χ3v) is 5.84. The summed E-state index contributed by atoms with van der Waals surface area (Å²) in [7, 11) is 0. The maximum absolute atomic E-state index is 14.3. The first-order chi connectivity index (χ1) is 11.9. The van der Waals surface area contributed by atoms with Crippen LogP contribution in [0.3, 0.4) is 0 Å². The van der Waals surface area contributed by atoms with Gasteiger partial charge in [0, 0.05) is 25.3 Å². The molecule has 2 rings (SSSR count). The molecular formula is C19H31F2N3O2. The Morgan fingerprint density at radius 3 is 2.62 bits per heavy atom. The summed E-state index contributed by atoms with van der Waals surface area (Å²) < 4.78 is 28.6. The van der Waals surface area contributed by atoms with Gasteiger partial charge in [-0.3, -0.25) is 9.69 Å². The summed E-state index contributed by atoms with van der Waals surface area (Å²) in [4.78, 5) is 18.1. The van der Waals surface area contributed by atoms with Crippen LogP contribution in [0.15, 0.2) is 16.9 Å². The fourth-order valence-electron chi connectivity index (χ4n) is 3.75. The number of hydrogen-bond donors (Lipinski definition) is 2. The zero-order valence-corrected chi connectivity index (χ0v) is 16.4. The molecule has 0 saturated heterocycles. The molecule has 0 radical (unpaired) electrons. The molecule has 1 saturated carbocycles. The number of aliphatic hydroxyl groups is 1. The minimum Gasteiger partial charge on any atom is -0.384 e. The summed E-state index contributed by atoms with van der Waals surface area (Å²) in [6.07, 6.45) is 2.60. The normalized spacial score (nSPS) is 28.7. The van der Waals surface area contributed by atoms with E-state index in [0.717, 1.165) is 0 Å². The van der Waals surface area contributed by atoms with Crippen LogP contribution in [0.25, 0.3) is 0 Å². The fourth-order valence-corrected chi connectivity index (χ4v) is 3.75. The van der Waals surface area contributed by atoms with Crippen molar-refractivity contribution >= 4 is 11.7 Å². The highest BCUT2D eigenvalue weighted by atomic mass is 19.3. The van der Waals surface area contributed by atoms with E-state index in [0.29, 0.717) is 43.9 Å². The lowest BCUT2D eigenvalue weighted by Crippen LogP contribution is -2.50. The van der Waals surface area contributed by atoms with Crippen molar-refractivity contribution in [2.45, 2.75) is 71.8 Å². The number of rotatable bonds is 4. The molecule has 1 amide bonds. The molecule has 7 heteroatoms. The van der Waals surface area contributed by atoms with Crippen LogP contribution in [-0.4, -0.2) is 46.4 Å². The van der Waals surface area contributed by atoms with Crippen LogP contribution in [0.5, 0.6) is 0 Å². The van der Waals surface area contributed by atoms with Crippen LogP contribution in [0, 0.1) is 11.3 Å². The van der Waals surface area contributed by atoms with Gasteiger partial charge in [0.2, 0.25) is 5.91 Å². The number of nitrogens with zero attached hydrogens (tertiary/aromatic N) is 2. The van der Waals surface area contributed by atoms with Crippen LogP contribution >= 0.6 is 0 Å². The van der Waals surface area contributed by atoms with Crippen molar-refractivity contribution in [3.8, 4) is 0 Å². The molecule has 0 spiro atoms. The van der Waals surface area contributed by atoms with Gasteiger partial charge >= 0.3 is 0 Å². The lowest BCUT2D eigenvalue weighted by atomic mass is 9.66. The highest BCUT2D eigenvalue weighted by molar-refractivity contribution is 5.99. The number of alkyl halides is 2. The Labute approximate surface area is 154 Å². The van der Waals surface area contributed by atoms with Crippen molar-refractivity contribution in [3.05, 3.63) is 11.9 Å². The summed E-state index contributed by atoms with van der Waals surface area (Å²) in [5.74, 6) is -2.24. The van der Waals surface area contributed by atoms with Crippen molar-refractivity contribution < 1.29 is 18.7 Å². The van der Waals surface area contributed by atoms with Crippen LogP contribution < -0.4 is 5.32 Å². The number of halogens is 2. The molecule has 1 aliphatic carbocycles. The lowest BCUT2D eigenvalue weighted by Gasteiger charge is -2.45. The zero-order valence-electron chi connectivity index (χ0n) is 16.4. The molecule has 5 nitrogen and oxygen atoms in total. The maximum Gasteiger partial charge on any atom is 0.253 e. The Hall–Kier alpha value is -1.50. The van der Waals surface area contributed by atoms with Crippen LogP contribution in [0.1, 0.15) is 60.3 Å². The van der Waals surface area contributed by atoms with Gasteiger partial charge in [0.05, 0.1) is 24.0 Å². The van der Waals surface area contributed by atoms with Crippen LogP contribution in [0.2, 0.25) is 0 Å². The third-order valence-electron chi connectivity index (χ3n) is 5.84. The second-order valence-electron chi connectivity index (χ2n) is 8.36. The van der Waals surface area contributed by atoms with Gasteiger partial charge < -0.3 is 10.4 Å². The molecule has 0 bridgehead atoms. The number of aliphatic imine (C=N–C) groups is 1. The standard InChI is InChI=1S/C19H31F2N3O2/c1-6-18(5)9-14(7-8-19(18,20)21)12-24(13(2)25)16-11-22-15(10-23-16)17(3,4)26/h10,14,22,26H,6-9,11-12H2,1-5H3/t14?,18-/m1/s1. The van der Waals surface area contributed by atoms with Gasteiger partial charge in [-0.05, 0) is 39.0 Å². The van der Waals surface area contributed by atoms with Gasteiger partial charge in [-0.25, -0.2) is 13.8 Å². The molecule has 1 unspecified atom stereocenters. The average Bonchev–Trinajstić information content (AvgIpc) is 2.55. The molecule has 1 aliphatic heterocycles. The summed E-state index contributed by atoms with van der Waals surface area (Å²) in [6, 6.07) is 0. The van der Waals surface area contributed by atoms with E-state index in [-0.39, 0.29) is 18.2 Å². The summed E-state index contributed by atoms with van der Waals surface area (Å²) in [5.41, 5.74) is -1.48. The largest absolute Gasteiger partial charge is 0.384 e. The molecule has 1 fully saturated rings. The van der Waals surface area contributed by atoms with Gasteiger partial charge in [-0.2, -0.15) is 0 Å². The van der Waals surface area contributed by atoms with Gasteiger partial charge in [0.15, 0.2) is 0 Å². The quantitative estimate of drug-likeness (QED) is 0.797. The molecule has 2 aliphatic rings. The summed E-state index contributed by atoms with van der Waals surface area (Å²) >= 11 is 0. The van der Waals surface area contributed by atoms with Crippen molar-refractivity contribution in [2.75, 3.05) is 13.1 Å². The van der Waals surface area contributed by atoms with Crippen molar-refractivity contribution in [1.82, 2.24) is 10.2 Å². The van der Waals surface area contributed by atoms with Gasteiger partial charge in [0.1, 0.15) is 5.84 Å². The van der Waals surface area contributed by atoms with E-state index in [4.69, 9.17) is 0 Å². The predicted octanol–water partition coefficient (Wildman–Crippen LogP) is 3.30. The average molecular weight is 371 g/mol. The van der Waals surface area contributed by atoms with E-state index in [1.807, 2.05) is 0 Å². The van der Waals surface area contributed by atoms with Crippen molar-refractivity contribution in [3.63, 3.8) is 0 Å². The highest BCUT2D eigenvalue weighted by Gasteiger charge is 2.52. The number of amides is 1. The Bertz CT molecular complexity index is 610. The van der Waals surface area contributed by atoms with Gasteiger partial charge in [0.25, 0.3) is 5.92 Å². The van der Waals surface area contributed by atoms with E-state index < -0.39 is 16.9 Å². The second-order valence-corrected chi connectivity index (χ2v) is 8.36. The Morgan fingerprint density at radius 2 is 2.15 bits per heavy atom. The number of carbonyl (C=O) groups is 1. The molecule has 0 aromatic carbocycles. The minimum absolute atomic E-state index is 0.0193. The van der Waals surface area contributed by atoms with E-state index in [2.05, 4.69) is 10.3 Å². The minimum atomic E-state index is -2.66. The Balaban J connectivity index is 2.14. The molecule has 0 aromatic heterocycles. The highest BCUT2D eigenvalue weighted by Crippen LogP contribution is 2.52. The predicted molar refractivity (Wildman–Crippen MR) is 97.9 cm³/mol. The lowest BCUT2D eigenvalue weighted by molar-refractivity contribution is -0.156. The molecule has 2 N–H and O–H groups in total. The first-order valence-electron chi connectivity index (χ1n) is 9.29. The first-order valence-corrected chi connectivity index (χ1v) is 9.29. The number of amidine groups is 1. The summed E-state index contributed by atoms with van der Waals surface area (Å²) in [5, 5.41) is 13.1. The molecule has 0 aromatic rings. The molecular weight excluding hydrogens is 340 g/mol. The molecule has 2 atom stereocenters. The van der Waals surface area contributed by atoms with Gasteiger partial charge in [-0.1, -0.05) is 13.8 Å². The van der Waals surface area contributed by atoms with Gasteiger partial charge in [-0.15, -0.1) is 0 Å². The topological polar surface area (TPSA) is 64.9 Å². The van der Waals surface area contributed by atoms with E-state index in [9.17, 15) is 18.7 Å². The maximum atomic E-state index is 14.3. The Morgan fingerprint density at radius 1 is 1.50 bits per heavy atom. The zero-order chi connectivity index (χ0) is 19.8. The Kier molecular flexibility index (Phi) is 5.80. The summed E-state index contributed by atoms with van der Waals surface area (Å²) in [6.45, 7) is 8.95. The first kappa shape index (κ1) is 20.8. The van der Waals surface area contributed by atoms with Crippen LogP contribution in [-0.2, 0) is 4.79 Å². The number of nitrogens with one attached hydrogen (secondary N) is 1. The van der Waals surface area contributed by atoms with Crippen LogP contribution in [0.4, 0.5) is 8.78 Å². The monoisotopic (exact) mass is 371 g/mol. The second kappa shape index (κ2) is 7.25. The SMILES string of the molecule is CC[C@]1(C)CC(CN(C(C)=O)C2=NC=C(C(C)(C)O)NC2)CCC1(F)F. The molecule has 1 heterocycles. The number of carbonyl (C=O) groups excluding carboxylic acids is 1.